The molecule has 0 spiro atoms. The highest BCUT2D eigenvalue weighted by atomic mass is 16.3. The molecule has 2 atom stereocenters. The van der Waals surface area contributed by atoms with Gasteiger partial charge in [0.2, 0.25) is 0 Å². The number of anilines is 2. The van der Waals surface area contributed by atoms with Crippen molar-refractivity contribution in [3.63, 3.8) is 0 Å². The third-order valence-electron chi connectivity index (χ3n) is 2.96. The Kier molecular flexibility index (Phi) is 2.82. The number of aliphatic hydroxyl groups excluding tert-OH is 1. The molecule has 1 aliphatic rings. The van der Waals surface area contributed by atoms with Crippen molar-refractivity contribution >= 4 is 11.4 Å². The van der Waals surface area contributed by atoms with Gasteiger partial charge in [0.05, 0.1) is 12.1 Å². The van der Waals surface area contributed by atoms with Crippen LogP contribution in [-0.2, 0) is 6.42 Å². The molecule has 1 heterocycles. The summed E-state index contributed by atoms with van der Waals surface area (Å²) in [4.78, 5) is 0. The Bertz CT molecular complexity index is 351. The lowest BCUT2D eigenvalue weighted by molar-refractivity contribution is 0.144. The zero-order chi connectivity index (χ0) is 10.8. The smallest absolute Gasteiger partial charge is 0.0782 e. The van der Waals surface area contributed by atoms with Crippen LogP contribution in [0.15, 0.2) is 18.2 Å². The van der Waals surface area contributed by atoms with E-state index in [1.54, 1.807) is 0 Å². The van der Waals surface area contributed by atoms with Crippen molar-refractivity contribution in [3.05, 3.63) is 23.8 Å². The van der Waals surface area contributed by atoms with Crippen LogP contribution in [0.3, 0.4) is 0 Å². The minimum absolute atomic E-state index is 0.186. The molecule has 82 valence electrons. The second kappa shape index (κ2) is 4.11. The van der Waals surface area contributed by atoms with Gasteiger partial charge in [-0.3, -0.25) is 0 Å². The summed E-state index contributed by atoms with van der Waals surface area (Å²) in [7, 11) is 0. The molecule has 3 heteroatoms. The van der Waals surface area contributed by atoms with Gasteiger partial charge in [-0.15, -0.1) is 0 Å². The van der Waals surface area contributed by atoms with Crippen molar-refractivity contribution in [2.75, 3.05) is 11.1 Å². The van der Waals surface area contributed by atoms with E-state index in [9.17, 15) is 5.11 Å². The summed E-state index contributed by atoms with van der Waals surface area (Å²) in [5.74, 6) is 0. The number of rotatable bonds is 2. The molecule has 0 fully saturated rings. The molecule has 2 rings (SSSR count). The van der Waals surface area contributed by atoms with Crippen LogP contribution in [0.1, 0.15) is 25.3 Å². The maximum absolute atomic E-state index is 9.93. The van der Waals surface area contributed by atoms with E-state index in [0.29, 0.717) is 6.42 Å². The number of benzene rings is 1. The minimum Gasteiger partial charge on any atom is -0.399 e. The van der Waals surface area contributed by atoms with Crippen LogP contribution >= 0.6 is 0 Å². The summed E-state index contributed by atoms with van der Waals surface area (Å²) in [5, 5.41) is 13.3. The fourth-order valence-electron chi connectivity index (χ4n) is 2.16. The minimum atomic E-state index is -0.292. The van der Waals surface area contributed by atoms with E-state index in [-0.39, 0.29) is 12.1 Å². The summed E-state index contributed by atoms with van der Waals surface area (Å²) in [6, 6.07) is 6.02. The average Bonchev–Trinajstić information content (AvgIpc) is 2.20. The first-order chi connectivity index (χ1) is 7.20. The van der Waals surface area contributed by atoms with Crippen molar-refractivity contribution in [2.45, 2.75) is 38.3 Å². The van der Waals surface area contributed by atoms with Crippen molar-refractivity contribution in [1.82, 2.24) is 0 Å². The largest absolute Gasteiger partial charge is 0.399 e. The maximum atomic E-state index is 9.93. The van der Waals surface area contributed by atoms with Gasteiger partial charge in [0.15, 0.2) is 0 Å². The fourth-order valence-corrected chi connectivity index (χ4v) is 2.16. The average molecular weight is 206 g/mol. The summed E-state index contributed by atoms with van der Waals surface area (Å²) < 4.78 is 0. The van der Waals surface area contributed by atoms with Crippen LogP contribution < -0.4 is 11.1 Å². The number of fused-ring (bicyclic) bond motifs is 1. The summed E-state index contributed by atoms with van der Waals surface area (Å²) in [6.07, 6.45) is 2.50. The van der Waals surface area contributed by atoms with Crippen LogP contribution in [0.5, 0.6) is 0 Å². The standard InChI is InChI=1S/C12H18N2O/c1-2-3-11-12(15)7-8-6-9(13)4-5-10(8)14-11/h4-6,11-12,14-15H,2-3,7,13H2,1H3. The highest BCUT2D eigenvalue weighted by molar-refractivity contribution is 5.60. The zero-order valence-corrected chi connectivity index (χ0v) is 9.03. The molecule has 0 aliphatic carbocycles. The lowest BCUT2D eigenvalue weighted by Crippen LogP contribution is -2.39. The van der Waals surface area contributed by atoms with E-state index in [1.807, 2.05) is 18.2 Å². The van der Waals surface area contributed by atoms with E-state index < -0.39 is 0 Å². The number of hydrogen-bond acceptors (Lipinski definition) is 3. The molecule has 1 aliphatic heterocycles. The molecule has 0 saturated heterocycles. The van der Waals surface area contributed by atoms with Gasteiger partial charge in [0.25, 0.3) is 0 Å². The van der Waals surface area contributed by atoms with Gasteiger partial charge in [0.1, 0.15) is 0 Å². The number of hydrogen-bond donors (Lipinski definition) is 3. The highest BCUT2D eigenvalue weighted by Crippen LogP contribution is 2.28. The molecule has 1 aromatic rings. The van der Waals surface area contributed by atoms with Gasteiger partial charge in [0, 0.05) is 17.8 Å². The van der Waals surface area contributed by atoms with E-state index in [4.69, 9.17) is 5.73 Å². The van der Waals surface area contributed by atoms with Crippen LogP contribution in [0.2, 0.25) is 0 Å². The normalized spacial score (nSPS) is 24.4. The van der Waals surface area contributed by atoms with E-state index in [2.05, 4.69) is 12.2 Å². The second-order valence-corrected chi connectivity index (χ2v) is 4.23. The predicted molar refractivity (Wildman–Crippen MR) is 62.9 cm³/mol. The van der Waals surface area contributed by atoms with E-state index >= 15 is 0 Å². The first-order valence-electron chi connectivity index (χ1n) is 5.53. The highest BCUT2D eigenvalue weighted by Gasteiger charge is 2.25. The monoisotopic (exact) mass is 206 g/mol. The molecule has 3 nitrogen and oxygen atoms in total. The molecule has 0 amide bonds. The molecule has 1 aromatic carbocycles. The molecule has 2 unspecified atom stereocenters. The van der Waals surface area contributed by atoms with Crippen molar-refractivity contribution in [3.8, 4) is 0 Å². The van der Waals surface area contributed by atoms with Crippen LogP contribution in [0.4, 0.5) is 11.4 Å². The Balaban J connectivity index is 2.22. The molecule has 0 saturated carbocycles. The SMILES string of the molecule is CCCC1Nc2ccc(N)cc2CC1O. The number of nitrogens with two attached hydrogens (primary N) is 1. The Morgan fingerprint density at radius 1 is 1.53 bits per heavy atom. The summed E-state index contributed by atoms with van der Waals surface area (Å²) in [5.41, 5.74) is 8.71. The lowest BCUT2D eigenvalue weighted by Gasteiger charge is -2.31. The molecule has 0 aromatic heterocycles. The number of aliphatic hydroxyl groups is 1. The molecular weight excluding hydrogens is 188 g/mol. The molecule has 4 N–H and O–H groups in total. The molecule has 0 bridgehead atoms. The van der Waals surface area contributed by atoms with Gasteiger partial charge in [-0.2, -0.15) is 0 Å². The predicted octanol–water partition coefficient (Wildman–Crippen LogP) is 1.77. The summed E-state index contributed by atoms with van der Waals surface area (Å²) in [6.45, 7) is 2.13. The quantitative estimate of drug-likeness (QED) is 0.646. The third kappa shape index (κ3) is 2.07. The van der Waals surface area contributed by atoms with E-state index in [1.165, 1.54) is 0 Å². The van der Waals surface area contributed by atoms with Gasteiger partial charge >= 0.3 is 0 Å². The third-order valence-corrected chi connectivity index (χ3v) is 2.96. The topological polar surface area (TPSA) is 58.3 Å². The van der Waals surface area contributed by atoms with E-state index in [0.717, 1.165) is 29.8 Å². The molecule has 15 heavy (non-hydrogen) atoms. The Labute approximate surface area is 90.3 Å². The fraction of sp³-hybridized carbons (Fsp3) is 0.500. The van der Waals surface area contributed by atoms with Gasteiger partial charge in [-0.05, 0) is 30.2 Å². The van der Waals surface area contributed by atoms with Gasteiger partial charge in [-0.25, -0.2) is 0 Å². The van der Waals surface area contributed by atoms with Gasteiger partial charge in [-0.1, -0.05) is 13.3 Å². The Hall–Kier alpha value is -1.22. The summed E-state index contributed by atoms with van der Waals surface area (Å²) >= 11 is 0. The van der Waals surface area contributed by atoms with Crippen LogP contribution in [0, 0.1) is 0 Å². The van der Waals surface area contributed by atoms with Crippen molar-refractivity contribution < 1.29 is 5.11 Å². The lowest BCUT2D eigenvalue weighted by atomic mass is 9.92. The zero-order valence-electron chi connectivity index (χ0n) is 9.03. The van der Waals surface area contributed by atoms with Crippen LogP contribution in [0.25, 0.3) is 0 Å². The second-order valence-electron chi connectivity index (χ2n) is 4.23. The Morgan fingerprint density at radius 3 is 3.07 bits per heavy atom. The van der Waals surface area contributed by atoms with Gasteiger partial charge < -0.3 is 16.2 Å². The van der Waals surface area contributed by atoms with Crippen molar-refractivity contribution in [1.29, 1.82) is 0 Å². The first kappa shape index (κ1) is 10.3. The number of nitrogen functional groups attached to an aromatic ring is 1. The Morgan fingerprint density at radius 2 is 2.33 bits per heavy atom. The first-order valence-corrected chi connectivity index (χ1v) is 5.53. The van der Waals surface area contributed by atoms with Crippen molar-refractivity contribution in [2.24, 2.45) is 0 Å². The van der Waals surface area contributed by atoms with Crippen LogP contribution in [-0.4, -0.2) is 17.3 Å². The number of nitrogens with one attached hydrogen (secondary N) is 1. The maximum Gasteiger partial charge on any atom is 0.0782 e. The molecular formula is C12H18N2O. The molecule has 0 radical (unpaired) electrons.